The van der Waals surface area contributed by atoms with E-state index in [9.17, 15) is 47.9 Å². The molecule has 0 saturated heterocycles. The van der Waals surface area contributed by atoms with Crippen LogP contribution in [0.3, 0.4) is 0 Å². The SMILES string of the molecule is C.C.C.C.C.C.CCCC(=O)Cc1ccc(C(=O)Oc2ccc(OC(=O)c3ccc(CCCOC(=O)CCC)cc3)cc2C)cc1.CCCC(=O)OCCCCCCOc1ccc(-c2ccc(CCCCCCOC(=O)CCC)cc2)cc1.CCCC(=O)OCCCCCCOc1ccc(C(=O)Oc2ccc(OC(=O)c3ccc(CCCCCCOC(=O)CCC)cc3)cc2C)cc1. The molecule has 0 aromatic heterocycles. The molecule has 8 rings (SSSR count). The summed E-state index contributed by atoms with van der Waals surface area (Å²) in [6.07, 6.45) is 27.6. The maximum atomic E-state index is 12.8. The first-order chi connectivity index (χ1) is 61.7. The second-order valence-electron chi connectivity index (χ2n) is 31.5. The van der Waals surface area contributed by atoms with Crippen molar-refractivity contribution in [3.63, 3.8) is 0 Å². The van der Waals surface area contributed by atoms with E-state index in [0.717, 1.165) is 183 Å². The van der Waals surface area contributed by atoms with Gasteiger partial charge < -0.3 is 52.1 Å². The van der Waals surface area contributed by atoms with Crippen LogP contribution in [-0.4, -0.2) is 106 Å². The number of ketones is 1. The molecule has 0 fully saturated rings. The standard InChI is InChI=1S/C41H52O9.C33H36O7.C32H46O5.6CH4/c1-4-14-38(42)47-28-12-7-6-10-16-32-17-19-33(20-18-32)40(44)49-36-25-26-37(31(3)30-36)50-41(45)34-21-23-35(24-22-34)46-27-11-8-9-13-29-48-39(43)15-5-2;1-4-7-28(34)22-25-12-16-27(17-13-25)33(37)40-30-19-18-29(21-23(30)3)39-32(36)26-14-10-24(11-15-26)9-6-20-38-31(35)8-5-2;1-3-13-31(33)36-25-11-6-5-9-15-27-16-18-28(19-17-27)29-20-22-30(23-21-29)35-24-10-7-8-12-26-37-32(34)14-4-2;;;;;;/h17-26,30H,4-16,27-29H2,1-3H3;10-19,21H,4-9,20,22H2,1-3H3;16-23H,3-15,24-26H2,1-2H3;6*1H4. The molecule has 0 bridgehead atoms. The summed E-state index contributed by atoms with van der Waals surface area (Å²) in [5, 5.41) is 0. The van der Waals surface area contributed by atoms with Gasteiger partial charge in [0, 0.05) is 44.9 Å². The predicted molar refractivity (Wildman–Crippen MR) is 534 cm³/mol. The molecular formula is C112H158O21. The zero-order valence-corrected chi connectivity index (χ0v) is 76.2. The number of carbonyl (C=O) groups excluding carboxylic acids is 10. The van der Waals surface area contributed by atoms with Crippen molar-refractivity contribution in [1.82, 2.24) is 0 Å². The second-order valence-corrected chi connectivity index (χ2v) is 31.5. The van der Waals surface area contributed by atoms with Crippen LogP contribution in [0.4, 0.5) is 0 Å². The van der Waals surface area contributed by atoms with Crippen LogP contribution in [0.1, 0.15) is 347 Å². The summed E-state index contributed by atoms with van der Waals surface area (Å²) in [4.78, 5) is 119. The Kier molecular flexibility index (Phi) is 66.4. The van der Waals surface area contributed by atoms with Crippen molar-refractivity contribution in [1.29, 1.82) is 0 Å². The minimum Gasteiger partial charge on any atom is -0.494 e. The number of benzene rings is 8. The lowest BCUT2D eigenvalue weighted by atomic mass is 10.0. The van der Waals surface area contributed by atoms with Gasteiger partial charge in [0.1, 0.15) is 40.3 Å². The number of carbonyl (C=O) groups is 10. The fourth-order valence-corrected chi connectivity index (χ4v) is 13.2. The van der Waals surface area contributed by atoms with Crippen LogP contribution in [-0.2, 0) is 78.1 Å². The van der Waals surface area contributed by atoms with Crippen LogP contribution < -0.4 is 28.4 Å². The fourth-order valence-electron chi connectivity index (χ4n) is 13.2. The van der Waals surface area contributed by atoms with E-state index in [1.54, 1.807) is 123 Å². The van der Waals surface area contributed by atoms with Gasteiger partial charge >= 0.3 is 53.7 Å². The number of aryl methyl sites for hydroxylation is 5. The molecule has 732 valence electrons. The third-order valence-corrected chi connectivity index (χ3v) is 20.4. The Hall–Kier alpha value is -11.7. The van der Waals surface area contributed by atoms with E-state index in [-0.39, 0.29) is 80.2 Å². The van der Waals surface area contributed by atoms with Gasteiger partial charge in [-0.05, 0) is 309 Å². The van der Waals surface area contributed by atoms with Gasteiger partial charge in [-0.15, -0.1) is 0 Å². The largest absolute Gasteiger partial charge is 0.494 e. The molecule has 0 saturated carbocycles. The Bertz CT molecular complexity index is 4570. The summed E-state index contributed by atoms with van der Waals surface area (Å²) in [5.41, 5.74) is 9.70. The van der Waals surface area contributed by atoms with Crippen LogP contribution in [0.2, 0.25) is 0 Å². The summed E-state index contributed by atoms with van der Waals surface area (Å²) in [5.74, 6) is 0.586. The van der Waals surface area contributed by atoms with E-state index in [4.69, 9.17) is 52.1 Å². The summed E-state index contributed by atoms with van der Waals surface area (Å²) in [7, 11) is 0. The number of Topliss-reactive ketones (excluding diaryl/α,β-unsaturated/α-hetero) is 1. The first kappa shape index (κ1) is 121. The molecule has 0 atom stereocenters. The number of hydrogen-bond acceptors (Lipinski definition) is 21. The molecule has 0 spiro atoms. The molecule has 8 aromatic rings. The predicted octanol–water partition coefficient (Wildman–Crippen LogP) is 27.7. The van der Waals surface area contributed by atoms with E-state index >= 15 is 0 Å². The van der Waals surface area contributed by atoms with E-state index in [1.807, 2.05) is 77.9 Å². The first-order valence-corrected chi connectivity index (χ1v) is 45.9. The zero-order chi connectivity index (χ0) is 91.4. The summed E-state index contributed by atoms with van der Waals surface area (Å²) in [6.45, 7) is 19.0. The molecule has 21 heteroatoms. The molecule has 0 radical (unpaired) electrons. The highest BCUT2D eigenvalue weighted by molar-refractivity contribution is 5.94. The summed E-state index contributed by atoms with van der Waals surface area (Å²) >= 11 is 0. The quantitative estimate of drug-likeness (QED) is 0.0148. The van der Waals surface area contributed by atoms with Crippen molar-refractivity contribution >= 4 is 59.5 Å². The Morgan fingerprint density at radius 2 is 0.474 bits per heavy atom. The van der Waals surface area contributed by atoms with E-state index < -0.39 is 23.9 Å². The molecule has 0 aliphatic rings. The fraction of sp³-hybridized carbons (Fsp3) is 0.482. The molecule has 21 nitrogen and oxygen atoms in total. The van der Waals surface area contributed by atoms with Gasteiger partial charge in [-0.25, -0.2) is 19.2 Å². The number of ether oxygens (including phenoxy) is 11. The average Bonchev–Trinajstić information content (AvgIpc) is 0.841. The van der Waals surface area contributed by atoms with Gasteiger partial charge in [0.05, 0.1) is 68.5 Å². The van der Waals surface area contributed by atoms with Gasteiger partial charge in [-0.2, -0.15) is 0 Å². The highest BCUT2D eigenvalue weighted by Gasteiger charge is 2.19. The molecule has 0 aliphatic carbocycles. The smallest absolute Gasteiger partial charge is 0.343 e. The van der Waals surface area contributed by atoms with E-state index in [0.29, 0.717) is 160 Å². The first-order valence-electron chi connectivity index (χ1n) is 45.9. The minimum absolute atomic E-state index is 0. The van der Waals surface area contributed by atoms with Crippen molar-refractivity contribution < 1.29 is 100 Å². The molecule has 8 aromatic carbocycles. The lowest BCUT2D eigenvalue weighted by Crippen LogP contribution is -2.11. The second kappa shape index (κ2) is 72.8. The van der Waals surface area contributed by atoms with Crippen LogP contribution in [0.15, 0.2) is 182 Å². The van der Waals surface area contributed by atoms with Gasteiger partial charge in [-0.3, -0.25) is 28.8 Å². The van der Waals surface area contributed by atoms with Crippen molar-refractivity contribution in [2.45, 2.75) is 312 Å². The summed E-state index contributed by atoms with van der Waals surface area (Å²) < 4.78 is 59.8. The third-order valence-electron chi connectivity index (χ3n) is 20.4. The van der Waals surface area contributed by atoms with E-state index in [2.05, 4.69) is 36.4 Å². The number of unbranched alkanes of at least 4 members (excludes halogenated alkanes) is 12. The van der Waals surface area contributed by atoms with Crippen LogP contribution in [0.25, 0.3) is 11.1 Å². The van der Waals surface area contributed by atoms with Crippen molar-refractivity contribution in [2.75, 3.05) is 46.2 Å². The van der Waals surface area contributed by atoms with Gasteiger partial charge in [0.15, 0.2) is 0 Å². The van der Waals surface area contributed by atoms with E-state index in [1.165, 1.54) is 16.7 Å². The third kappa shape index (κ3) is 51.2. The topological polar surface area (TPSA) is 272 Å². The van der Waals surface area contributed by atoms with Crippen LogP contribution in [0.5, 0.6) is 34.5 Å². The highest BCUT2D eigenvalue weighted by Crippen LogP contribution is 2.30. The number of hydrogen-bond donors (Lipinski definition) is 0. The monoisotopic (exact) mass is 1840 g/mol. The van der Waals surface area contributed by atoms with Crippen molar-refractivity contribution in [2.24, 2.45) is 0 Å². The number of esters is 9. The lowest BCUT2D eigenvalue weighted by molar-refractivity contribution is -0.144. The van der Waals surface area contributed by atoms with Crippen LogP contribution >= 0.6 is 0 Å². The van der Waals surface area contributed by atoms with Gasteiger partial charge in [0.2, 0.25) is 0 Å². The number of rotatable bonds is 57. The lowest BCUT2D eigenvalue weighted by Gasteiger charge is -2.11. The maximum absolute atomic E-state index is 12.8. The Morgan fingerprint density at radius 3 is 0.782 bits per heavy atom. The minimum atomic E-state index is -0.515. The highest BCUT2D eigenvalue weighted by atomic mass is 16.6. The molecule has 0 heterocycles. The molecule has 0 unspecified atom stereocenters. The average molecular weight is 1840 g/mol. The van der Waals surface area contributed by atoms with Crippen molar-refractivity contribution in [3.8, 4) is 45.6 Å². The van der Waals surface area contributed by atoms with Crippen LogP contribution in [0, 0.1) is 13.8 Å². The normalized spacial score (nSPS) is 10.2. The zero-order valence-electron chi connectivity index (χ0n) is 76.2. The molecule has 133 heavy (non-hydrogen) atoms. The Balaban J connectivity index is 0.00000195. The Labute approximate surface area is 796 Å². The molecule has 0 amide bonds. The van der Waals surface area contributed by atoms with Gasteiger partial charge in [0.25, 0.3) is 0 Å². The molecule has 0 aliphatic heterocycles. The Morgan fingerprint density at radius 1 is 0.233 bits per heavy atom. The summed E-state index contributed by atoms with van der Waals surface area (Å²) in [6, 6.07) is 54.9. The van der Waals surface area contributed by atoms with Crippen molar-refractivity contribution in [3.05, 3.63) is 238 Å². The maximum Gasteiger partial charge on any atom is 0.343 e. The molecule has 0 N–H and O–H groups in total. The van der Waals surface area contributed by atoms with Gasteiger partial charge in [-0.1, -0.05) is 185 Å². The molecular weight excluding hydrogens is 1680 g/mol.